The maximum absolute atomic E-state index is 5.88. The van der Waals surface area contributed by atoms with Crippen molar-refractivity contribution in [3.63, 3.8) is 0 Å². The van der Waals surface area contributed by atoms with Crippen molar-refractivity contribution >= 4 is 5.69 Å². The van der Waals surface area contributed by atoms with Gasteiger partial charge in [0.25, 0.3) is 0 Å². The van der Waals surface area contributed by atoms with E-state index in [1.807, 2.05) is 12.1 Å². The Kier molecular flexibility index (Phi) is 3.36. The van der Waals surface area contributed by atoms with E-state index in [9.17, 15) is 0 Å². The van der Waals surface area contributed by atoms with E-state index in [0.29, 0.717) is 25.5 Å². The highest BCUT2D eigenvalue weighted by atomic mass is 16.7. The molecule has 1 unspecified atom stereocenters. The summed E-state index contributed by atoms with van der Waals surface area (Å²) >= 11 is 0. The zero-order valence-corrected chi connectivity index (χ0v) is 10.2. The highest BCUT2D eigenvalue weighted by molar-refractivity contribution is 5.53. The maximum Gasteiger partial charge on any atom is 0.189 e. The van der Waals surface area contributed by atoms with Crippen molar-refractivity contribution < 1.29 is 18.9 Å². The summed E-state index contributed by atoms with van der Waals surface area (Å²) < 4.78 is 21.9. The molecule has 2 N–H and O–H groups in total. The Morgan fingerprint density at radius 1 is 1.33 bits per heavy atom. The molecule has 0 saturated carbocycles. The number of benzene rings is 1. The molecule has 1 saturated heterocycles. The van der Waals surface area contributed by atoms with Crippen LogP contribution in [0.15, 0.2) is 12.1 Å². The van der Waals surface area contributed by atoms with Crippen molar-refractivity contribution in [3.8, 4) is 5.75 Å². The molecule has 2 aliphatic heterocycles. The van der Waals surface area contributed by atoms with Crippen LogP contribution in [0.2, 0.25) is 0 Å². The lowest BCUT2D eigenvalue weighted by Gasteiger charge is -2.22. The molecular weight excluding hydrogens is 234 g/mol. The average molecular weight is 251 g/mol. The predicted octanol–water partition coefficient (Wildman–Crippen LogP) is 1.44. The van der Waals surface area contributed by atoms with E-state index in [1.165, 1.54) is 0 Å². The monoisotopic (exact) mass is 251 g/mol. The topological polar surface area (TPSA) is 62.9 Å². The molecule has 0 amide bonds. The number of ether oxygens (including phenoxy) is 4. The van der Waals surface area contributed by atoms with Crippen molar-refractivity contribution in [1.82, 2.24) is 0 Å². The Balaban J connectivity index is 1.75. The minimum atomic E-state index is 0.182. The van der Waals surface area contributed by atoms with Gasteiger partial charge in [-0.3, -0.25) is 0 Å². The van der Waals surface area contributed by atoms with Crippen molar-refractivity contribution in [2.45, 2.75) is 25.7 Å². The van der Waals surface area contributed by atoms with Gasteiger partial charge >= 0.3 is 0 Å². The number of nitrogens with two attached hydrogens (primary N) is 1. The maximum atomic E-state index is 5.88. The van der Waals surface area contributed by atoms with Gasteiger partial charge in [0, 0.05) is 23.4 Å². The minimum absolute atomic E-state index is 0.182. The molecule has 0 bridgehead atoms. The molecule has 5 heteroatoms. The van der Waals surface area contributed by atoms with Gasteiger partial charge in [-0.15, -0.1) is 0 Å². The minimum Gasteiger partial charge on any atom is -0.467 e. The molecule has 3 rings (SSSR count). The van der Waals surface area contributed by atoms with Gasteiger partial charge < -0.3 is 24.7 Å². The van der Waals surface area contributed by atoms with Crippen molar-refractivity contribution in [2.75, 3.05) is 25.7 Å². The molecule has 2 heterocycles. The predicted molar refractivity (Wildman–Crippen MR) is 65.2 cm³/mol. The molecule has 1 fully saturated rings. The molecule has 5 nitrogen and oxygen atoms in total. The number of rotatable bonds is 3. The number of anilines is 1. The van der Waals surface area contributed by atoms with Crippen LogP contribution in [0.5, 0.6) is 5.75 Å². The SMILES string of the molecule is Nc1cc2c(c(COC3CCOC3)c1)OCOC2. The number of hydrogen-bond acceptors (Lipinski definition) is 5. The van der Waals surface area contributed by atoms with E-state index in [0.717, 1.165) is 29.9 Å². The first kappa shape index (κ1) is 11.8. The third kappa shape index (κ3) is 2.43. The van der Waals surface area contributed by atoms with Gasteiger partial charge in [0.1, 0.15) is 5.75 Å². The quantitative estimate of drug-likeness (QED) is 0.824. The number of fused-ring (bicyclic) bond motifs is 1. The van der Waals surface area contributed by atoms with Crippen LogP contribution in [0.3, 0.4) is 0 Å². The number of nitrogen functional groups attached to an aromatic ring is 1. The van der Waals surface area contributed by atoms with Gasteiger partial charge in [-0.2, -0.15) is 0 Å². The molecule has 1 aromatic carbocycles. The Bertz CT molecular complexity index is 429. The van der Waals surface area contributed by atoms with E-state index in [2.05, 4.69) is 0 Å². The second-order valence-electron chi connectivity index (χ2n) is 4.58. The summed E-state index contributed by atoms with van der Waals surface area (Å²) in [6, 6.07) is 3.79. The summed E-state index contributed by atoms with van der Waals surface area (Å²) in [7, 11) is 0. The first-order valence-corrected chi connectivity index (χ1v) is 6.14. The van der Waals surface area contributed by atoms with E-state index in [1.54, 1.807) is 0 Å². The second kappa shape index (κ2) is 5.14. The van der Waals surface area contributed by atoms with Crippen molar-refractivity contribution in [3.05, 3.63) is 23.3 Å². The van der Waals surface area contributed by atoms with Crippen LogP contribution in [0.4, 0.5) is 5.69 Å². The fourth-order valence-corrected chi connectivity index (χ4v) is 2.29. The molecule has 1 atom stereocenters. The summed E-state index contributed by atoms with van der Waals surface area (Å²) in [6.45, 7) is 2.79. The Hall–Kier alpha value is -1.30. The van der Waals surface area contributed by atoms with Gasteiger partial charge in [0.2, 0.25) is 0 Å². The van der Waals surface area contributed by atoms with Crippen LogP contribution in [-0.4, -0.2) is 26.1 Å². The van der Waals surface area contributed by atoms with Crippen LogP contribution < -0.4 is 10.5 Å². The third-order valence-electron chi connectivity index (χ3n) is 3.17. The molecule has 0 radical (unpaired) electrons. The highest BCUT2D eigenvalue weighted by Gasteiger charge is 2.19. The van der Waals surface area contributed by atoms with Crippen LogP contribution in [0, 0.1) is 0 Å². The molecule has 98 valence electrons. The Morgan fingerprint density at radius 2 is 2.28 bits per heavy atom. The van der Waals surface area contributed by atoms with Gasteiger partial charge in [-0.25, -0.2) is 0 Å². The number of hydrogen-bond donors (Lipinski definition) is 1. The lowest BCUT2D eigenvalue weighted by Crippen LogP contribution is -2.16. The van der Waals surface area contributed by atoms with Crippen LogP contribution >= 0.6 is 0 Å². The summed E-state index contributed by atoms with van der Waals surface area (Å²) in [4.78, 5) is 0. The summed E-state index contributed by atoms with van der Waals surface area (Å²) in [5, 5.41) is 0. The molecule has 2 aliphatic rings. The molecular formula is C13H17NO4. The van der Waals surface area contributed by atoms with Crippen LogP contribution in [0.1, 0.15) is 17.5 Å². The van der Waals surface area contributed by atoms with E-state index in [-0.39, 0.29) is 12.9 Å². The molecule has 0 aliphatic carbocycles. The largest absolute Gasteiger partial charge is 0.467 e. The first-order chi connectivity index (χ1) is 8.83. The zero-order valence-electron chi connectivity index (χ0n) is 10.2. The smallest absolute Gasteiger partial charge is 0.189 e. The standard InChI is InChI=1S/C13H17NO4/c14-11-3-9-5-16-8-18-13(9)10(4-11)6-17-12-1-2-15-7-12/h3-4,12H,1-2,5-8,14H2. The third-order valence-corrected chi connectivity index (χ3v) is 3.17. The fourth-order valence-electron chi connectivity index (χ4n) is 2.29. The van der Waals surface area contributed by atoms with Crippen LogP contribution in [0.25, 0.3) is 0 Å². The molecule has 18 heavy (non-hydrogen) atoms. The van der Waals surface area contributed by atoms with Crippen molar-refractivity contribution in [1.29, 1.82) is 0 Å². The summed E-state index contributed by atoms with van der Waals surface area (Å²) in [5.74, 6) is 0.856. The zero-order chi connectivity index (χ0) is 12.4. The van der Waals surface area contributed by atoms with Crippen LogP contribution in [-0.2, 0) is 27.4 Å². The van der Waals surface area contributed by atoms with Gasteiger partial charge in [0.15, 0.2) is 6.79 Å². The Morgan fingerprint density at radius 3 is 3.11 bits per heavy atom. The van der Waals surface area contributed by atoms with E-state index in [4.69, 9.17) is 24.7 Å². The normalized spacial score (nSPS) is 22.6. The summed E-state index contributed by atoms with van der Waals surface area (Å²) in [5.41, 5.74) is 8.56. The summed E-state index contributed by atoms with van der Waals surface area (Å²) in [6.07, 6.45) is 1.14. The Labute approximate surface area is 106 Å². The molecule has 0 aromatic heterocycles. The average Bonchev–Trinajstić information content (AvgIpc) is 2.89. The van der Waals surface area contributed by atoms with Gasteiger partial charge in [-0.05, 0) is 18.6 Å². The van der Waals surface area contributed by atoms with Gasteiger partial charge in [0.05, 0.1) is 25.9 Å². The fraction of sp³-hybridized carbons (Fsp3) is 0.538. The first-order valence-electron chi connectivity index (χ1n) is 6.14. The van der Waals surface area contributed by atoms with E-state index >= 15 is 0 Å². The van der Waals surface area contributed by atoms with E-state index < -0.39 is 0 Å². The molecule has 1 aromatic rings. The van der Waals surface area contributed by atoms with Crippen molar-refractivity contribution in [2.24, 2.45) is 0 Å². The lowest BCUT2D eigenvalue weighted by atomic mass is 10.1. The highest BCUT2D eigenvalue weighted by Crippen LogP contribution is 2.31. The van der Waals surface area contributed by atoms with Gasteiger partial charge in [-0.1, -0.05) is 0 Å². The molecule has 0 spiro atoms. The second-order valence-corrected chi connectivity index (χ2v) is 4.58. The lowest BCUT2D eigenvalue weighted by molar-refractivity contribution is -0.0202.